The molecule has 0 bridgehead atoms. The Morgan fingerprint density at radius 2 is 2.11 bits per heavy atom. The number of aromatic hydroxyl groups is 1. The highest BCUT2D eigenvalue weighted by Gasteiger charge is 2.23. The van der Waals surface area contributed by atoms with Crippen molar-refractivity contribution in [2.75, 3.05) is 20.1 Å². The van der Waals surface area contributed by atoms with E-state index in [4.69, 9.17) is 5.73 Å². The van der Waals surface area contributed by atoms with Gasteiger partial charge < -0.3 is 15.7 Å². The highest BCUT2D eigenvalue weighted by atomic mass is 19.1. The summed E-state index contributed by atoms with van der Waals surface area (Å²) < 4.78 is 12.8. The number of nitrogens with zero attached hydrogens (tertiary/aromatic N) is 1. The first kappa shape index (κ1) is 14.4. The third-order valence-electron chi connectivity index (χ3n) is 2.75. The number of phenolic OH excluding ortho intramolecular Hbond substituents is 1. The molecule has 1 aromatic rings. The number of halogens is 1. The molecule has 0 aliphatic heterocycles. The lowest BCUT2D eigenvalue weighted by Crippen LogP contribution is -2.39. The number of nitrogens with two attached hydrogens (primary N) is 1. The molecule has 100 valence electrons. The molecule has 5 heteroatoms. The van der Waals surface area contributed by atoms with Crippen molar-refractivity contribution in [1.29, 1.82) is 0 Å². The Hall–Kier alpha value is -1.62. The lowest BCUT2D eigenvalue weighted by Gasteiger charge is -2.29. The van der Waals surface area contributed by atoms with Crippen LogP contribution in [0.5, 0.6) is 5.75 Å². The minimum Gasteiger partial charge on any atom is -0.507 e. The highest BCUT2D eigenvalue weighted by Crippen LogP contribution is 2.21. The van der Waals surface area contributed by atoms with Gasteiger partial charge in [-0.15, -0.1) is 0 Å². The van der Waals surface area contributed by atoms with Crippen LogP contribution in [0.2, 0.25) is 0 Å². The summed E-state index contributed by atoms with van der Waals surface area (Å²) in [6, 6.07) is 3.35. The van der Waals surface area contributed by atoms with Crippen LogP contribution in [0.25, 0.3) is 0 Å². The van der Waals surface area contributed by atoms with Crippen LogP contribution < -0.4 is 5.73 Å². The third-order valence-corrected chi connectivity index (χ3v) is 2.75. The minimum atomic E-state index is -0.575. The maximum atomic E-state index is 12.8. The van der Waals surface area contributed by atoms with Crippen molar-refractivity contribution in [3.8, 4) is 5.75 Å². The molecule has 0 fully saturated rings. The molecule has 0 aromatic heterocycles. The molecule has 0 heterocycles. The fourth-order valence-corrected chi connectivity index (χ4v) is 1.67. The summed E-state index contributed by atoms with van der Waals surface area (Å²) in [5.74, 6) is -1.28. The van der Waals surface area contributed by atoms with Crippen LogP contribution in [0.4, 0.5) is 4.39 Å². The first-order chi connectivity index (χ1) is 8.26. The molecular weight excluding hydrogens is 235 g/mol. The number of carbonyl (C=O) groups is 1. The van der Waals surface area contributed by atoms with E-state index in [1.807, 2.05) is 13.8 Å². The summed E-state index contributed by atoms with van der Waals surface area (Å²) in [4.78, 5) is 13.5. The van der Waals surface area contributed by atoms with E-state index < -0.39 is 5.82 Å². The summed E-state index contributed by atoms with van der Waals surface area (Å²) >= 11 is 0. The Bertz CT molecular complexity index is 447. The topological polar surface area (TPSA) is 66.6 Å². The predicted molar refractivity (Wildman–Crippen MR) is 67.9 cm³/mol. The van der Waals surface area contributed by atoms with Crippen LogP contribution in [0.15, 0.2) is 18.2 Å². The quantitative estimate of drug-likeness (QED) is 0.857. The Morgan fingerprint density at radius 3 is 2.61 bits per heavy atom. The molecule has 0 spiro atoms. The Labute approximate surface area is 106 Å². The molecule has 1 rings (SSSR count). The zero-order chi connectivity index (χ0) is 13.9. The summed E-state index contributed by atoms with van der Waals surface area (Å²) in [6.07, 6.45) is 0. The van der Waals surface area contributed by atoms with Crippen LogP contribution >= 0.6 is 0 Å². The minimum absolute atomic E-state index is 0.0896. The zero-order valence-electron chi connectivity index (χ0n) is 10.9. The van der Waals surface area contributed by atoms with Crippen molar-refractivity contribution in [1.82, 2.24) is 4.90 Å². The average molecular weight is 254 g/mol. The zero-order valence-corrected chi connectivity index (χ0v) is 10.9. The molecule has 0 radical (unpaired) electrons. The third kappa shape index (κ3) is 3.43. The number of rotatable bonds is 4. The summed E-state index contributed by atoms with van der Waals surface area (Å²) in [7, 11) is 1.63. The van der Waals surface area contributed by atoms with Gasteiger partial charge in [-0.25, -0.2) is 4.39 Å². The molecule has 1 amide bonds. The van der Waals surface area contributed by atoms with Gasteiger partial charge in [0.2, 0.25) is 0 Å². The van der Waals surface area contributed by atoms with E-state index in [1.54, 1.807) is 7.05 Å². The van der Waals surface area contributed by atoms with Gasteiger partial charge in [0.15, 0.2) is 0 Å². The van der Waals surface area contributed by atoms with Gasteiger partial charge in [-0.2, -0.15) is 0 Å². The predicted octanol–water partition coefficient (Wildman–Crippen LogP) is 1.59. The second-order valence-electron chi connectivity index (χ2n) is 5.19. The van der Waals surface area contributed by atoms with Crippen LogP contribution in [-0.4, -0.2) is 36.1 Å². The van der Waals surface area contributed by atoms with Crippen molar-refractivity contribution >= 4 is 5.91 Å². The second-order valence-corrected chi connectivity index (χ2v) is 5.19. The lowest BCUT2D eigenvalue weighted by atomic mass is 9.93. The van der Waals surface area contributed by atoms with E-state index in [-0.39, 0.29) is 22.6 Å². The van der Waals surface area contributed by atoms with E-state index in [0.29, 0.717) is 13.1 Å². The van der Waals surface area contributed by atoms with Gasteiger partial charge in [-0.1, -0.05) is 13.8 Å². The lowest BCUT2D eigenvalue weighted by molar-refractivity contribution is 0.0737. The first-order valence-corrected chi connectivity index (χ1v) is 5.71. The number of hydrogen-bond acceptors (Lipinski definition) is 3. The molecule has 4 nitrogen and oxygen atoms in total. The number of benzene rings is 1. The molecule has 0 saturated carbocycles. The van der Waals surface area contributed by atoms with Gasteiger partial charge >= 0.3 is 0 Å². The Balaban J connectivity index is 2.87. The van der Waals surface area contributed by atoms with E-state index >= 15 is 0 Å². The number of carbonyl (C=O) groups excluding carboxylic acids is 1. The van der Waals surface area contributed by atoms with Crippen molar-refractivity contribution in [3.05, 3.63) is 29.6 Å². The standard InChI is InChI=1S/C13H19FN2O2/c1-13(2,7-15)8-16(3)12(18)10-5-4-9(14)6-11(10)17/h4-6,17H,7-8,15H2,1-3H3. The van der Waals surface area contributed by atoms with Gasteiger partial charge in [0.05, 0.1) is 5.56 Å². The van der Waals surface area contributed by atoms with E-state index in [1.165, 1.54) is 11.0 Å². The SMILES string of the molecule is CN(CC(C)(C)CN)C(=O)c1ccc(F)cc1O. The van der Waals surface area contributed by atoms with Crippen molar-refractivity contribution in [3.63, 3.8) is 0 Å². The van der Waals surface area contributed by atoms with Crippen LogP contribution in [0.1, 0.15) is 24.2 Å². The number of hydrogen-bond donors (Lipinski definition) is 2. The highest BCUT2D eigenvalue weighted by molar-refractivity contribution is 5.96. The Morgan fingerprint density at radius 1 is 1.50 bits per heavy atom. The molecule has 0 atom stereocenters. The molecule has 0 aliphatic rings. The van der Waals surface area contributed by atoms with Gasteiger partial charge in [-0.3, -0.25) is 4.79 Å². The molecule has 18 heavy (non-hydrogen) atoms. The Kier molecular flexibility index (Phi) is 4.29. The largest absolute Gasteiger partial charge is 0.507 e. The molecule has 0 saturated heterocycles. The number of phenols is 1. The summed E-state index contributed by atoms with van der Waals surface area (Å²) in [5.41, 5.74) is 5.49. The monoisotopic (exact) mass is 254 g/mol. The molecular formula is C13H19FN2O2. The fraction of sp³-hybridized carbons (Fsp3) is 0.462. The molecule has 1 aromatic carbocycles. The van der Waals surface area contributed by atoms with E-state index in [2.05, 4.69) is 0 Å². The van der Waals surface area contributed by atoms with Crippen molar-refractivity contribution < 1.29 is 14.3 Å². The van der Waals surface area contributed by atoms with Crippen molar-refractivity contribution in [2.45, 2.75) is 13.8 Å². The maximum absolute atomic E-state index is 12.8. The van der Waals surface area contributed by atoms with Gasteiger partial charge in [0.25, 0.3) is 5.91 Å². The van der Waals surface area contributed by atoms with Gasteiger partial charge in [0.1, 0.15) is 11.6 Å². The van der Waals surface area contributed by atoms with Crippen LogP contribution in [-0.2, 0) is 0 Å². The van der Waals surface area contributed by atoms with Gasteiger partial charge in [0, 0.05) is 19.7 Å². The number of amides is 1. The second kappa shape index (κ2) is 5.35. The van der Waals surface area contributed by atoms with E-state index in [0.717, 1.165) is 12.1 Å². The smallest absolute Gasteiger partial charge is 0.257 e. The maximum Gasteiger partial charge on any atom is 0.257 e. The molecule has 0 aliphatic carbocycles. The molecule has 3 N–H and O–H groups in total. The summed E-state index contributed by atoms with van der Waals surface area (Å²) in [5, 5.41) is 9.55. The van der Waals surface area contributed by atoms with Gasteiger partial charge in [-0.05, 0) is 24.1 Å². The van der Waals surface area contributed by atoms with Crippen molar-refractivity contribution in [2.24, 2.45) is 11.1 Å². The van der Waals surface area contributed by atoms with Crippen LogP contribution in [0, 0.1) is 11.2 Å². The normalized spacial score (nSPS) is 11.4. The van der Waals surface area contributed by atoms with E-state index in [9.17, 15) is 14.3 Å². The molecule has 0 unspecified atom stereocenters. The van der Waals surface area contributed by atoms with Crippen LogP contribution in [0.3, 0.4) is 0 Å². The summed E-state index contributed by atoms with van der Waals surface area (Å²) in [6.45, 7) is 4.79. The average Bonchev–Trinajstić information content (AvgIpc) is 2.27. The fourth-order valence-electron chi connectivity index (χ4n) is 1.67. The first-order valence-electron chi connectivity index (χ1n) is 5.71.